The van der Waals surface area contributed by atoms with E-state index in [2.05, 4.69) is 15.6 Å². The fraction of sp³-hybridized carbons (Fsp3) is 0.150. The highest BCUT2D eigenvalue weighted by atomic mass is 16.5. The van der Waals surface area contributed by atoms with Gasteiger partial charge in [0.25, 0.3) is 5.91 Å². The van der Waals surface area contributed by atoms with Gasteiger partial charge in [0.15, 0.2) is 0 Å². The van der Waals surface area contributed by atoms with Crippen molar-refractivity contribution in [2.45, 2.75) is 0 Å². The Balaban J connectivity index is 1.41. The molecule has 3 rings (SSSR count). The topological polar surface area (TPSA) is 80.3 Å². The first-order valence-electron chi connectivity index (χ1n) is 8.30. The molecule has 3 aromatic rings. The summed E-state index contributed by atoms with van der Waals surface area (Å²) in [5.74, 6) is 0.127. The minimum absolute atomic E-state index is 0.0798. The molecule has 0 aliphatic carbocycles. The van der Waals surface area contributed by atoms with Crippen molar-refractivity contribution in [1.82, 2.24) is 15.6 Å². The van der Waals surface area contributed by atoms with Crippen molar-refractivity contribution >= 4 is 22.7 Å². The van der Waals surface area contributed by atoms with Crippen molar-refractivity contribution in [1.29, 1.82) is 0 Å². The number of benzene rings is 2. The van der Waals surface area contributed by atoms with Gasteiger partial charge in [-0.1, -0.05) is 36.4 Å². The number of para-hydroxylation sites is 1. The number of hydrogen-bond donors (Lipinski definition) is 2. The minimum Gasteiger partial charge on any atom is -0.489 e. The molecule has 6 nitrogen and oxygen atoms in total. The molecule has 0 unspecified atom stereocenters. The lowest BCUT2D eigenvalue weighted by Gasteiger charge is -2.10. The lowest BCUT2D eigenvalue weighted by molar-refractivity contribution is -0.120. The van der Waals surface area contributed by atoms with E-state index in [1.165, 1.54) is 0 Å². The van der Waals surface area contributed by atoms with Crippen LogP contribution >= 0.6 is 0 Å². The van der Waals surface area contributed by atoms with E-state index in [-0.39, 0.29) is 18.4 Å². The zero-order valence-corrected chi connectivity index (χ0v) is 14.1. The van der Waals surface area contributed by atoms with Crippen LogP contribution in [0.15, 0.2) is 66.9 Å². The molecule has 1 aromatic heterocycles. The Morgan fingerprint density at radius 3 is 2.58 bits per heavy atom. The van der Waals surface area contributed by atoms with E-state index >= 15 is 0 Å². The van der Waals surface area contributed by atoms with E-state index in [0.717, 1.165) is 10.9 Å². The van der Waals surface area contributed by atoms with Gasteiger partial charge in [-0.25, -0.2) is 0 Å². The van der Waals surface area contributed by atoms with Crippen LogP contribution in [-0.4, -0.2) is 36.5 Å². The molecule has 0 saturated heterocycles. The Labute approximate surface area is 151 Å². The standard InChI is InChI=1S/C20H19N3O3/c24-18(14-23-20(25)16-6-2-1-3-7-16)21-12-13-26-17-10-4-8-15-9-5-11-22-19(15)17/h1-11H,12-14H2,(H,21,24)(H,23,25). The summed E-state index contributed by atoms with van der Waals surface area (Å²) in [6.07, 6.45) is 1.71. The van der Waals surface area contributed by atoms with E-state index in [4.69, 9.17) is 4.74 Å². The molecule has 2 N–H and O–H groups in total. The van der Waals surface area contributed by atoms with E-state index in [0.29, 0.717) is 24.5 Å². The molecule has 0 spiro atoms. The van der Waals surface area contributed by atoms with Crippen molar-refractivity contribution in [3.63, 3.8) is 0 Å². The van der Waals surface area contributed by atoms with Gasteiger partial charge in [-0.15, -0.1) is 0 Å². The van der Waals surface area contributed by atoms with E-state index in [1.54, 1.807) is 30.5 Å². The Kier molecular flexibility index (Phi) is 5.77. The number of nitrogens with zero attached hydrogens (tertiary/aromatic N) is 1. The SMILES string of the molecule is O=C(CNC(=O)c1ccccc1)NCCOc1cccc2cccnc12. The molecule has 0 aliphatic heterocycles. The van der Waals surface area contributed by atoms with Crippen molar-refractivity contribution in [2.75, 3.05) is 19.7 Å². The number of nitrogens with one attached hydrogen (secondary N) is 2. The zero-order chi connectivity index (χ0) is 18.2. The highest BCUT2D eigenvalue weighted by molar-refractivity contribution is 5.96. The van der Waals surface area contributed by atoms with E-state index < -0.39 is 0 Å². The number of hydrogen-bond acceptors (Lipinski definition) is 4. The van der Waals surface area contributed by atoms with Gasteiger partial charge in [0.05, 0.1) is 13.1 Å². The summed E-state index contributed by atoms with van der Waals surface area (Å²) in [5, 5.41) is 6.29. The minimum atomic E-state index is -0.279. The maximum Gasteiger partial charge on any atom is 0.251 e. The molecule has 0 bridgehead atoms. The number of carbonyl (C=O) groups is 2. The molecule has 2 amide bonds. The normalized spacial score (nSPS) is 10.3. The summed E-state index contributed by atoms with van der Waals surface area (Å²) in [5.41, 5.74) is 1.31. The number of aromatic nitrogens is 1. The molecule has 2 aromatic carbocycles. The van der Waals surface area contributed by atoms with Gasteiger partial charge in [-0.2, -0.15) is 0 Å². The highest BCUT2D eigenvalue weighted by Crippen LogP contribution is 2.22. The van der Waals surface area contributed by atoms with Crippen LogP contribution in [0.4, 0.5) is 0 Å². The maximum absolute atomic E-state index is 11.9. The molecule has 0 atom stereocenters. The highest BCUT2D eigenvalue weighted by Gasteiger charge is 2.07. The molecule has 0 radical (unpaired) electrons. The first-order chi connectivity index (χ1) is 12.7. The van der Waals surface area contributed by atoms with Crippen LogP contribution in [0.25, 0.3) is 10.9 Å². The lowest BCUT2D eigenvalue weighted by Crippen LogP contribution is -2.38. The van der Waals surface area contributed by atoms with Crippen molar-refractivity contribution in [3.8, 4) is 5.75 Å². The van der Waals surface area contributed by atoms with Crippen LogP contribution in [0.3, 0.4) is 0 Å². The first kappa shape index (κ1) is 17.4. The Morgan fingerprint density at radius 2 is 1.73 bits per heavy atom. The third-order valence-electron chi connectivity index (χ3n) is 3.72. The lowest BCUT2D eigenvalue weighted by atomic mass is 10.2. The Morgan fingerprint density at radius 1 is 0.923 bits per heavy atom. The summed E-state index contributed by atoms with van der Waals surface area (Å²) < 4.78 is 5.70. The monoisotopic (exact) mass is 349 g/mol. The molecule has 6 heteroatoms. The van der Waals surface area contributed by atoms with Crippen molar-refractivity contribution < 1.29 is 14.3 Å². The van der Waals surface area contributed by atoms with Gasteiger partial charge in [-0.05, 0) is 24.3 Å². The van der Waals surface area contributed by atoms with E-state index in [1.807, 2.05) is 36.4 Å². The Bertz CT molecular complexity index is 892. The second-order valence-electron chi connectivity index (χ2n) is 5.58. The number of carbonyl (C=O) groups excluding carboxylic acids is 2. The third kappa shape index (κ3) is 4.57. The van der Waals surface area contributed by atoms with Gasteiger partial charge in [-0.3, -0.25) is 14.6 Å². The summed E-state index contributed by atoms with van der Waals surface area (Å²) in [7, 11) is 0. The van der Waals surface area contributed by atoms with Crippen LogP contribution < -0.4 is 15.4 Å². The van der Waals surface area contributed by atoms with Gasteiger partial charge < -0.3 is 15.4 Å². The molecule has 132 valence electrons. The number of amides is 2. The van der Waals surface area contributed by atoms with Crippen LogP contribution in [-0.2, 0) is 4.79 Å². The second-order valence-corrected chi connectivity index (χ2v) is 5.58. The predicted octanol–water partition coefficient (Wildman–Crippen LogP) is 2.16. The molecular formula is C20H19N3O3. The first-order valence-corrected chi connectivity index (χ1v) is 8.30. The molecule has 1 heterocycles. The van der Waals surface area contributed by atoms with Crippen LogP contribution in [0, 0.1) is 0 Å². The predicted molar refractivity (Wildman–Crippen MR) is 99.0 cm³/mol. The molecule has 0 fully saturated rings. The van der Waals surface area contributed by atoms with Crippen molar-refractivity contribution in [3.05, 3.63) is 72.4 Å². The van der Waals surface area contributed by atoms with Gasteiger partial charge in [0.1, 0.15) is 17.9 Å². The molecule has 0 aliphatic rings. The summed E-state index contributed by atoms with van der Waals surface area (Å²) in [6, 6.07) is 18.3. The van der Waals surface area contributed by atoms with Crippen LogP contribution in [0.5, 0.6) is 5.75 Å². The average molecular weight is 349 g/mol. The summed E-state index contributed by atoms with van der Waals surface area (Å²) >= 11 is 0. The average Bonchev–Trinajstić information content (AvgIpc) is 2.70. The summed E-state index contributed by atoms with van der Waals surface area (Å²) in [6.45, 7) is 0.570. The van der Waals surface area contributed by atoms with Gasteiger partial charge in [0.2, 0.25) is 5.91 Å². The maximum atomic E-state index is 11.9. The zero-order valence-electron chi connectivity index (χ0n) is 14.1. The number of fused-ring (bicyclic) bond motifs is 1. The summed E-state index contributed by atoms with van der Waals surface area (Å²) in [4.78, 5) is 28.0. The smallest absolute Gasteiger partial charge is 0.251 e. The number of pyridine rings is 1. The van der Waals surface area contributed by atoms with Crippen LogP contribution in [0.2, 0.25) is 0 Å². The van der Waals surface area contributed by atoms with E-state index in [9.17, 15) is 9.59 Å². The number of ether oxygens (including phenoxy) is 1. The molecule has 0 saturated carbocycles. The quantitative estimate of drug-likeness (QED) is 0.641. The fourth-order valence-electron chi connectivity index (χ4n) is 2.46. The van der Waals surface area contributed by atoms with Gasteiger partial charge >= 0.3 is 0 Å². The molecular weight excluding hydrogens is 330 g/mol. The molecule has 26 heavy (non-hydrogen) atoms. The largest absolute Gasteiger partial charge is 0.489 e. The van der Waals surface area contributed by atoms with Gasteiger partial charge in [0, 0.05) is 17.1 Å². The number of rotatable bonds is 7. The Hall–Kier alpha value is -3.41. The van der Waals surface area contributed by atoms with Crippen LogP contribution in [0.1, 0.15) is 10.4 Å². The fourth-order valence-corrected chi connectivity index (χ4v) is 2.46. The van der Waals surface area contributed by atoms with Crippen molar-refractivity contribution in [2.24, 2.45) is 0 Å². The second kappa shape index (κ2) is 8.62. The third-order valence-corrected chi connectivity index (χ3v) is 3.72.